The van der Waals surface area contributed by atoms with Crippen molar-refractivity contribution in [3.8, 4) is 0 Å². The number of nitrogens with one attached hydrogen (secondary N) is 2. The Bertz CT molecular complexity index is 748. The summed E-state index contributed by atoms with van der Waals surface area (Å²) in [6.07, 6.45) is 7.53. The van der Waals surface area contributed by atoms with Crippen molar-refractivity contribution in [1.29, 1.82) is 0 Å². The molecule has 0 atom stereocenters. The Morgan fingerprint density at radius 1 is 1.07 bits per heavy atom. The first-order chi connectivity index (χ1) is 13.3. The van der Waals surface area contributed by atoms with E-state index in [1.807, 2.05) is 53.7 Å². The van der Waals surface area contributed by atoms with Crippen LogP contribution in [0, 0.1) is 0 Å². The van der Waals surface area contributed by atoms with Gasteiger partial charge in [-0.15, -0.1) is 0 Å². The first-order valence-electron chi connectivity index (χ1n) is 9.70. The Labute approximate surface area is 161 Å². The summed E-state index contributed by atoms with van der Waals surface area (Å²) in [6.45, 7) is 4.05. The largest absolute Gasteiger partial charge is 0.355 e. The van der Waals surface area contributed by atoms with Crippen LogP contribution in [0.4, 0.5) is 0 Å². The fourth-order valence-electron chi connectivity index (χ4n) is 3.32. The van der Waals surface area contributed by atoms with Crippen LogP contribution in [0.3, 0.4) is 0 Å². The van der Waals surface area contributed by atoms with Crippen LogP contribution in [-0.2, 0) is 13.1 Å². The van der Waals surface area contributed by atoms with Gasteiger partial charge in [0, 0.05) is 57.7 Å². The maximum Gasteiger partial charge on any atom is 0.253 e. The quantitative estimate of drug-likeness (QED) is 0.609. The lowest BCUT2D eigenvalue weighted by Crippen LogP contribution is -2.38. The molecule has 3 rings (SSSR count). The van der Waals surface area contributed by atoms with Crippen LogP contribution < -0.4 is 10.6 Å². The Balaban J connectivity index is 1.50. The zero-order chi connectivity index (χ0) is 18.9. The van der Waals surface area contributed by atoms with Gasteiger partial charge >= 0.3 is 0 Å². The smallest absolute Gasteiger partial charge is 0.253 e. The molecule has 2 aromatic rings. The Hall–Kier alpha value is -2.76. The van der Waals surface area contributed by atoms with Crippen molar-refractivity contribution in [3.05, 3.63) is 59.9 Å². The molecule has 1 fully saturated rings. The number of nitrogens with zero attached hydrogens (tertiary/aromatic N) is 3. The number of amides is 1. The Kier molecular flexibility index (Phi) is 6.90. The summed E-state index contributed by atoms with van der Waals surface area (Å²) in [6, 6.07) is 11.9. The van der Waals surface area contributed by atoms with E-state index in [2.05, 4.69) is 20.2 Å². The zero-order valence-corrected chi connectivity index (χ0v) is 16.0. The van der Waals surface area contributed by atoms with Gasteiger partial charge in [-0.3, -0.25) is 9.79 Å². The lowest BCUT2D eigenvalue weighted by Gasteiger charge is -2.26. The van der Waals surface area contributed by atoms with E-state index in [4.69, 9.17) is 0 Å². The number of rotatable bonds is 6. The standard InChI is InChI=1S/C21H29N5O/c1-22-21(23-10-15-25-11-5-6-12-25)24-17-18-8-7-9-19(16-18)20(27)26-13-3-2-4-14-26/h5-9,11-12,16H,2-4,10,13-15,17H2,1H3,(H2,22,23,24). The number of hydrogen-bond acceptors (Lipinski definition) is 2. The van der Waals surface area contributed by atoms with Crippen molar-refractivity contribution in [2.75, 3.05) is 26.7 Å². The summed E-state index contributed by atoms with van der Waals surface area (Å²) in [4.78, 5) is 18.9. The number of hydrogen-bond donors (Lipinski definition) is 2. The van der Waals surface area contributed by atoms with Gasteiger partial charge in [-0.05, 0) is 49.1 Å². The minimum atomic E-state index is 0.144. The van der Waals surface area contributed by atoms with Crippen LogP contribution in [-0.4, -0.2) is 48.0 Å². The van der Waals surface area contributed by atoms with Crippen LogP contribution in [0.5, 0.6) is 0 Å². The fourth-order valence-corrected chi connectivity index (χ4v) is 3.32. The predicted octanol–water partition coefficient (Wildman–Crippen LogP) is 2.48. The first-order valence-corrected chi connectivity index (χ1v) is 9.70. The SMILES string of the molecule is CN=C(NCCn1cccc1)NCc1cccc(C(=O)N2CCCCC2)c1. The summed E-state index contributed by atoms with van der Waals surface area (Å²) in [7, 11) is 1.77. The van der Waals surface area contributed by atoms with E-state index in [-0.39, 0.29) is 5.91 Å². The summed E-state index contributed by atoms with van der Waals surface area (Å²) < 4.78 is 2.12. The predicted molar refractivity (Wildman–Crippen MR) is 109 cm³/mol. The molecular weight excluding hydrogens is 338 g/mol. The lowest BCUT2D eigenvalue weighted by molar-refractivity contribution is 0.0724. The van der Waals surface area contributed by atoms with E-state index in [1.165, 1.54) is 6.42 Å². The molecule has 6 nitrogen and oxygen atoms in total. The van der Waals surface area contributed by atoms with E-state index in [9.17, 15) is 4.79 Å². The van der Waals surface area contributed by atoms with Gasteiger partial charge in [0.1, 0.15) is 0 Å². The van der Waals surface area contributed by atoms with E-state index in [0.29, 0.717) is 6.54 Å². The van der Waals surface area contributed by atoms with E-state index < -0.39 is 0 Å². The summed E-state index contributed by atoms with van der Waals surface area (Å²) >= 11 is 0. The molecule has 1 aromatic carbocycles. The van der Waals surface area contributed by atoms with Crippen molar-refractivity contribution in [3.63, 3.8) is 0 Å². The normalized spacial score (nSPS) is 14.9. The third-order valence-electron chi connectivity index (χ3n) is 4.83. The number of benzene rings is 1. The molecule has 1 aliphatic heterocycles. The number of carbonyl (C=O) groups is 1. The minimum absolute atomic E-state index is 0.144. The third-order valence-corrected chi connectivity index (χ3v) is 4.83. The van der Waals surface area contributed by atoms with Gasteiger partial charge in [0.25, 0.3) is 5.91 Å². The van der Waals surface area contributed by atoms with Crippen LogP contribution in [0.25, 0.3) is 0 Å². The molecule has 27 heavy (non-hydrogen) atoms. The third kappa shape index (κ3) is 5.61. The summed E-state index contributed by atoms with van der Waals surface area (Å²) in [5, 5.41) is 6.63. The molecule has 1 aliphatic rings. The highest BCUT2D eigenvalue weighted by Crippen LogP contribution is 2.14. The molecule has 0 saturated carbocycles. The second kappa shape index (κ2) is 9.80. The highest BCUT2D eigenvalue weighted by atomic mass is 16.2. The number of aromatic nitrogens is 1. The molecule has 1 saturated heterocycles. The van der Waals surface area contributed by atoms with Gasteiger partial charge in [0.15, 0.2) is 5.96 Å². The topological polar surface area (TPSA) is 61.7 Å². The van der Waals surface area contributed by atoms with E-state index in [0.717, 1.165) is 56.1 Å². The molecule has 0 bridgehead atoms. The first kappa shape index (κ1) is 19.0. The fraction of sp³-hybridized carbons (Fsp3) is 0.429. The van der Waals surface area contributed by atoms with Gasteiger partial charge < -0.3 is 20.1 Å². The van der Waals surface area contributed by atoms with Gasteiger partial charge in [-0.25, -0.2) is 0 Å². The maximum absolute atomic E-state index is 12.7. The number of likely N-dealkylation sites (tertiary alicyclic amines) is 1. The minimum Gasteiger partial charge on any atom is -0.355 e. The van der Waals surface area contributed by atoms with Crippen molar-refractivity contribution in [1.82, 2.24) is 20.1 Å². The monoisotopic (exact) mass is 367 g/mol. The van der Waals surface area contributed by atoms with Crippen LogP contribution in [0.2, 0.25) is 0 Å². The number of piperidine rings is 1. The molecular formula is C21H29N5O. The molecule has 2 heterocycles. The van der Waals surface area contributed by atoms with E-state index in [1.54, 1.807) is 7.05 Å². The number of carbonyl (C=O) groups excluding carboxylic acids is 1. The second-order valence-corrected chi connectivity index (χ2v) is 6.83. The average molecular weight is 367 g/mol. The molecule has 0 aliphatic carbocycles. The van der Waals surface area contributed by atoms with E-state index >= 15 is 0 Å². The van der Waals surface area contributed by atoms with Crippen LogP contribution in [0.15, 0.2) is 53.8 Å². The maximum atomic E-state index is 12.7. The zero-order valence-electron chi connectivity index (χ0n) is 16.0. The van der Waals surface area contributed by atoms with Crippen molar-refractivity contribution < 1.29 is 4.79 Å². The molecule has 0 unspecified atom stereocenters. The molecule has 1 amide bonds. The highest BCUT2D eigenvalue weighted by molar-refractivity contribution is 5.94. The molecule has 144 valence electrons. The Morgan fingerprint density at radius 3 is 2.59 bits per heavy atom. The molecule has 1 aromatic heterocycles. The van der Waals surface area contributed by atoms with Crippen molar-refractivity contribution in [2.45, 2.75) is 32.4 Å². The molecule has 2 N–H and O–H groups in total. The van der Waals surface area contributed by atoms with Crippen molar-refractivity contribution >= 4 is 11.9 Å². The molecule has 6 heteroatoms. The van der Waals surface area contributed by atoms with Gasteiger partial charge in [0.2, 0.25) is 0 Å². The summed E-state index contributed by atoms with van der Waals surface area (Å²) in [5.41, 5.74) is 1.85. The van der Waals surface area contributed by atoms with Crippen LogP contribution >= 0.6 is 0 Å². The molecule has 0 spiro atoms. The second-order valence-electron chi connectivity index (χ2n) is 6.83. The van der Waals surface area contributed by atoms with Crippen molar-refractivity contribution in [2.24, 2.45) is 4.99 Å². The van der Waals surface area contributed by atoms with Gasteiger partial charge in [-0.1, -0.05) is 12.1 Å². The Morgan fingerprint density at radius 2 is 1.85 bits per heavy atom. The number of guanidine groups is 1. The van der Waals surface area contributed by atoms with Gasteiger partial charge in [0.05, 0.1) is 0 Å². The number of aliphatic imine (C=N–C) groups is 1. The average Bonchev–Trinajstić information content (AvgIpc) is 3.24. The van der Waals surface area contributed by atoms with Crippen LogP contribution in [0.1, 0.15) is 35.2 Å². The highest BCUT2D eigenvalue weighted by Gasteiger charge is 2.18. The van der Waals surface area contributed by atoms with Gasteiger partial charge in [-0.2, -0.15) is 0 Å². The lowest BCUT2D eigenvalue weighted by atomic mass is 10.1. The summed E-state index contributed by atoms with van der Waals surface area (Å²) in [5.74, 6) is 0.903. The molecule has 0 radical (unpaired) electrons.